The molecule has 168 valence electrons. The van der Waals surface area contributed by atoms with Crippen LogP contribution in [0, 0.1) is 5.92 Å². The zero-order valence-corrected chi connectivity index (χ0v) is 20.0. The molecule has 0 saturated heterocycles. The van der Waals surface area contributed by atoms with Gasteiger partial charge in [0.05, 0.1) is 22.2 Å². The van der Waals surface area contributed by atoms with Gasteiger partial charge in [-0.2, -0.15) is 0 Å². The first-order valence-corrected chi connectivity index (χ1v) is 12.2. The van der Waals surface area contributed by atoms with Crippen LogP contribution in [-0.4, -0.2) is 26.0 Å². The lowest BCUT2D eigenvalue weighted by molar-refractivity contribution is -0.136. The van der Waals surface area contributed by atoms with Crippen LogP contribution in [0.4, 0.5) is 5.69 Å². The molecule has 0 spiro atoms. The van der Waals surface area contributed by atoms with Gasteiger partial charge in [0, 0.05) is 6.54 Å². The molecule has 0 aliphatic rings. The van der Waals surface area contributed by atoms with Crippen LogP contribution in [0.15, 0.2) is 71.6 Å². The van der Waals surface area contributed by atoms with Gasteiger partial charge >= 0.3 is 5.97 Å². The van der Waals surface area contributed by atoms with Gasteiger partial charge in [-0.15, -0.1) is 0 Å². The quantitative estimate of drug-likeness (QED) is 0.410. The van der Waals surface area contributed by atoms with E-state index in [-0.39, 0.29) is 33.8 Å². The molecule has 32 heavy (non-hydrogen) atoms. The van der Waals surface area contributed by atoms with Crippen molar-refractivity contribution in [3.05, 3.63) is 82.3 Å². The highest BCUT2D eigenvalue weighted by atomic mass is 35.5. The van der Waals surface area contributed by atoms with E-state index in [2.05, 4.69) is 0 Å². The number of hydrogen-bond acceptors (Lipinski definition) is 3. The summed E-state index contributed by atoms with van der Waals surface area (Å²) in [5.41, 5.74) is 2.87. The monoisotopic (exact) mass is 491 g/mol. The van der Waals surface area contributed by atoms with Crippen molar-refractivity contribution in [2.24, 2.45) is 5.92 Å². The molecule has 0 amide bonds. The Balaban J connectivity index is 2.01. The van der Waals surface area contributed by atoms with Crippen molar-refractivity contribution in [1.29, 1.82) is 0 Å². The standard InChI is InChI=1S/C24H23Cl2NO4S/c1-16(2)15-27(32(30,31)24-21(25)7-4-8-22(24)26)20-11-9-18(10-12-20)19-6-3-5-17(13-19)14-23(28)29/h3-13,16H,14-15H2,1-2H3,(H,28,29). The van der Waals surface area contributed by atoms with Gasteiger partial charge in [0.2, 0.25) is 0 Å². The lowest BCUT2D eigenvalue weighted by Gasteiger charge is -2.27. The summed E-state index contributed by atoms with van der Waals surface area (Å²) in [6.07, 6.45) is -0.0646. The molecule has 0 aliphatic heterocycles. The van der Waals surface area contributed by atoms with E-state index in [0.717, 1.165) is 11.1 Å². The van der Waals surface area contributed by atoms with Gasteiger partial charge in [0.15, 0.2) is 0 Å². The van der Waals surface area contributed by atoms with E-state index in [1.165, 1.54) is 16.4 Å². The SMILES string of the molecule is CC(C)CN(c1ccc(-c2cccc(CC(=O)O)c2)cc1)S(=O)(=O)c1c(Cl)cccc1Cl. The highest BCUT2D eigenvalue weighted by Crippen LogP contribution is 2.35. The van der Waals surface area contributed by atoms with Crippen molar-refractivity contribution in [1.82, 2.24) is 0 Å². The van der Waals surface area contributed by atoms with Crippen LogP contribution < -0.4 is 4.31 Å². The van der Waals surface area contributed by atoms with Crippen LogP contribution in [-0.2, 0) is 21.2 Å². The first-order valence-electron chi connectivity index (χ1n) is 9.97. The minimum Gasteiger partial charge on any atom is -0.481 e. The van der Waals surface area contributed by atoms with E-state index in [1.54, 1.807) is 30.3 Å². The summed E-state index contributed by atoms with van der Waals surface area (Å²) >= 11 is 12.4. The summed E-state index contributed by atoms with van der Waals surface area (Å²) in [7, 11) is -4.00. The van der Waals surface area contributed by atoms with Gasteiger partial charge in [-0.3, -0.25) is 9.10 Å². The molecular weight excluding hydrogens is 469 g/mol. The Morgan fingerprint density at radius 1 is 0.938 bits per heavy atom. The molecular formula is C24H23Cl2NO4S. The van der Waals surface area contributed by atoms with Crippen molar-refractivity contribution < 1.29 is 18.3 Å². The van der Waals surface area contributed by atoms with Crippen LogP contribution in [0.25, 0.3) is 11.1 Å². The molecule has 5 nitrogen and oxygen atoms in total. The Morgan fingerprint density at radius 3 is 2.09 bits per heavy atom. The van der Waals surface area contributed by atoms with E-state index < -0.39 is 16.0 Å². The maximum Gasteiger partial charge on any atom is 0.307 e. The summed E-state index contributed by atoms with van der Waals surface area (Å²) in [5.74, 6) is -0.844. The molecule has 3 rings (SSSR count). The average molecular weight is 492 g/mol. The molecule has 0 atom stereocenters. The van der Waals surface area contributed by atoms with Crippen LogP contribution >= 0.6 is 23.2 Å². The normalized spacial score (nSPS) is 11.5. The molecule has 8 heteroatoms. The number of anilines is 1. The number of rotatable bonds is 8. The van der Waals surface area contributed by atoms with Gasteiger partial charge in [-0.05, 0) is 46.9 Å². The Labute approximate surface area is 198 Å². The van der Waals surface area contributed by atoms with E-state index in [9.17, 15) is 13.2 Å². The van der Waals surface area contributed by atoms with Crippen LogP contribution in [0.1, 0.15) is 19.4 Å². The lowest BCUT2D eigenvalue weighted by Crippen LogP contribution is -2.34. The molecule has 3 aromatic rings. The summed E-state index contributed by atoms with van der Waals surface area (Å²) in [6, 6.07) is 18.9. The number of nitrogens with zero attached hydrogens (tertiary/aromatic N) is 1. The van der Waals surface area contributed by atoms with Crippen LogP contribution in [0.5, 0.6) is 0 Å². The third-order valence-corrected chi connectivity index (χ3v) is 7.52. The second-order valence-corrected chi connectivity index (χ2v) is 10.4. The zero-order chi connectivity index (χ0) is 23.5. The third kappa shape index (κ3) is 5.44. The predicted molar refractivity (Wildman–Crippen MR) is 129 cm³/mol. The summed E-state index contributed by atoms with van der Waals surface area (Å²) < 4.78 is 28.3. The van der Waals surface area contributed by atoms with Crippen LogP contribution in [0.3, 0.4) is 0 Å². The zero-order valence-electron chi connectivity index (χ0n) is 17.6. The molecule has 0 bridgehead atoms. The second-order valence-electron chi connectivity index (χ2n) is 7.80. The van der Waals surface area contributed by atoms with E-state index >= 15 is 0 Å². The predicted octanol–water partition coefficient (Wildman–Crippen LogP) is 6.14. The Morgan fingerprint density at radius 2 is 1.53 bits per heavy atom. The Bertz CT molecular complexity index is 1200. The average Bonchev–Trinajstić information content (AvgIpc) is 2.71. The van der Waals surface area contributed by atoms with Gasteiger partial charge in [0.1, 0.15) is 4.90 Å². The molecule has 1 N–H and O–H groups in total. The summed E-state index contributed by atoms with van der Waals surface area (Å²) in [5, 5.41) is 9.16. The smallest absolute Gasteiger partial charge is 0.307 e. The van der Waals surface area contributed by atoms with Crippen molar-refractivity contribution >= 4 is 44.9 Å². The molecule has 0 heterocycles. The topological polar surface area (TPSA) is 74.7 Å². The number of aliphatic carboxylic acids is 1. The molecule has 0 fully saturated rings. The number of halogens is 2. The molecule has 3 aromatic carbocycles. The fraction of sp³-hybridized carbons (Fsp3) is 0.208. The number of hydrogen-bond donors (Lipinski definition) is 1. The minimum absolute atomic E-state index is 0.0541. The van der Waals surface area contributed by atoms with E-state index in [0.29, 0.717) is 11.3 Å². The number of carbonyl (C=O) groups is 1. The van der Waals surface area contributed by atoms with Crippen molar-refractivity contribution in [2.45, 2.75) is 25.2 Å². The lowest BCUT2D eigenvalue weighted by atomic mass is 10.0. The van der Waals surface area contributed by atoms with Gasteiger partial charge in [0.25, 0.3) is 10.0 Å². The fourth-order valence-corrected chi connectivity index (χ4v) is 6.09. The molecule has 0 radical (unpaired) electrons. The fourth-order valence-electron chi connectivity index (χ4n) is 3.37. The first-order chi connectivity index (χ1) is 15.1. The van der Waals surface area contributed by atoms with Crippen molar-refractivity contribution in [3.63, 3.8) is 0 Å². The third-order valence-electron chi connectivity index (χ3n) is 4.77. The summed E-state index contributed by atoms with van der Waals surface area (Å²) in [6.45, 7) is 4.11. The number of sulfonamides is 1. The minimum atomic E-state index is -4.00. The highest BCUT2D eigenvalue weighted by Gasteiger charge is 2.30. The Kier molecular flexibility index (Phi) is 7.49. The number of carboxylic acid groups (broad SMARTS) is 1. The highest BCUT2D eigenvalue weighted by molar-refractivity contribution is 7.93. The molecule has 0 aromatic heterocycles. The maximum absolute atomic E-state index is 13.5. The van der Waals surface area contributed by atoms with Gasteiger partial charge in [-0.1, -0.05) is 79.5 Å². The molecule has 0 unspecified atom stereocenters. The Hall–Kier alpha value is -2.54. The first kappa shape index (κ1) is 24.1. The van der Waals surface area contributed by atoms with Crippen molar-refractivity contribution in [3.8, 4) is 11.1 Å². The maximum atomic E-state index is 13.5. The molecule has 0 aliphatic carbocycles. The number of benzene rings is 3. The largest absolute Gasteiger partial charge is 0.481 e. The number of carboxylic acids is 1. The van der Waals surface area contributed by atoms with Gasteiger partial charge in [-0.25, -0.2) is 8.42 Å². The molecule has 0 saturated carbocycles. The van der Waals surface area contributed by atoms with Crippen LogP contribution in [0.2, 0.25) is 10.0 Å². The summed E-state index contributed by atoms with van der Waals surface area (Å²) in [4.78, 5) is 10.9. The van der Waals surface area contributed by atoms with E-state index in [1.807, 2.05) is 38.1 Å². The van der Waals surface area contributed by atoms with E-state index in [4.69, 9.17) is 28.3 Å². The van der Waals surface area contributed by atoms with Crippen molar-refractivity contribution in [2.75, 3.05) is 10.8 Å². The second kappa shape index (κ2) is 9.94. The van der Waals surface area contributed by atoms with Gasteiger partial charge < -0.3 is 5.11 Å².